The summed E-state index contributed by atoms with van der Waals surface area (Å²) in [5, 5.41) is 5.66. The summed E-state index contributed by atoms with van der Waals surface area (Å²) in [7, 11) is -3.69. The third kappa shape index (κ3) is 5.86. The standard InChI is InChI=1S/C25H27FN6O4S/c1-15-14-36-12-11-32(15)24-30-22(16-3-6-18(7-4-16)27-25(33)28-19-8-9-19)29-23(31-24)20-13-17(26)5-10-21(20)37(2,34)35/h3-7,10,13,15,19H,8-9,11-12,14H2,1-2H3,(H2,27,28,33)/t15-/m0/s1. The molecule has 37 heavy (non-hydrogen) atoms. The number of nitrogens with one attached hydrogen (secondary N) is 2. The number of aromatic nitrogens is 3. The topological polar surface area (TPSA) is 126 Å². The van der Waals surface area contributed by atoms with Gasteiger partial charge in [0, 0.05) is 35.7 Å². The van der Waals surface area contributed by atoms with Crippen LogP contribution < -0.4 is 15.5 Å². The van der Waals surface area contributed by atoms with Crippen molar-refractivity contribution in [1.82, 2.24) is 20.3 Å². The zero-order valence-corrected chi connectivity index (χ0v) is 21.3. The van der Waals surface area contributed by atoms with Crippen LogP contribution in [-0.2, 0) is 14.6 Å². The number of ether oxygens (including phenoxy) is 1. The summed E-state index contributed by atoms with van der Waals surface area (Å²) in [5.41, 5.74) is 1.28. The van der Waals surface area contributed by atoms with Crippen LogP contribution in [0.25, 0.3) is 22.8 Å². The van der Waals surface area contributed by atoms with Crippen molar-refractivity contribution in [3.8, 4) is 22.8 Å². The molecule has 10 nitrogen and oxygen atoms in total. The van der Waals surface area contributed by atoms with Crippen LogP contribution in [-0.4, -0.2) is 67.5 Å². The number of urea groups is 1. The molecule has 0 unspecified atom stereocenters. The van der Waals surface area contributed by atoms with Crippen LogP contribution in [0, 0.1) is 5.82 Å². The number of hydrogen-bond acceptors (Lipinski definition) is 8. The number of carbonyl (C=O) groups excluding carboxylic acids is 1. The molecule has 3 aromatic rings. The van der Waals surface area contributed by atoms with Gasteiger partial charge in [-0.3, -0.25) is 0 Å². The number of sulfone groups is 1. The number of morpholine rings is 1. The minimum absolute atomic E-state index is 0.0321. The van der Waals surface area contributed by atoms with Gasteiger partial charge in [-0.05, 0) is 62.2 Å². The molecule has 2 N–H and O–H groups in total. The first-order valence-corrected chi connectivity index (χ1v) is 13.8. The van der Waals surface area contributed by atoms with Crippen LogP contribution in [0.15, 0.2) is 47.4 Å². The first-order chi connectivity index (χ1) is 17.7. The molecule has 1 atom stereocenters. The lowest BCUT2D eigenvalue weighted by Gasteiger charge is -2.33. The molecule has 194 valence electrons. The Morgan fingerprint density at radius 2 is 1.81 bits per heavy atom. The Balaban J connectivity index is 1.56. The van der Waals surface area contributed by atoms with E-state index in [9.17, 15) is 17.6 Å². The molecule has 1 saturated heterocycles. The van der Waals surface area contributed by atoms with Gasteiger partial charge in [-0.15, -0.1) is 0 Å². The number of carbonyl (C=O) groups is 1. The molecule has 5 rings (SSSR count). The Morgan fingerprint density at radius 1 is 1.08 bits per heavy atom. The Hall–Kier alpha value is -3.64. The summed E-state index contributed by atoms with van der Waals surface area (Å²) < 4.78 is 44.7. The average Bonchev–Trinajstić information content (AvgIpc) is 3.67. The maximum Gasteiger partial charge on any atom is 0.319 e. The number of nitrogens with zero attached hydrogens (tertiary/aromatic N) is 4. The molecular weight excluding hydrogens is 499 g/mol. The van der Waals surface area contributed by atoms with E-state index in [0.717, 1.165) is 31.2 Å². The highest BCUT2D eigenvalue weighted by Gasteiger charge is 2.26. The second kappa shape index (κ2) is 10.0. The molecule has 2 amide bonds. The molecule has 2 fully saturated rings. The Kier molecular flexibility index (Phi) is 6.78. The number of amides is 2. The van der Waals surface area contributed by atoms with Crippen LogP contribution in [0.3, 0.4) is 0 Å². The Labute approximate surface area is 214 Å². The Morgan fingerprint density at radius 3 is 2.49 bits per heavy atom. The average molecular weight is 527 g/mol. The molecule has 12 heteroatoms. The van der Waals surface area contributed by atoms with Crippen molar-refractivity contribution in [2.75, 3.05) is 36.2 Å². The molecule has 1 saturated carbocycles. The number of anilines is 2. The predicted octanol–water partition coefficient (Wildman–Crippen LogP) is 3.26. The fourth-order valence-corrected chi connectivity index (χ4v) is 4.92. The second-order valence-corrected chi connectivity index (χ2v) is 11.2. The fraction of sp³-hybridized carbons (Fsp3) is 0.360. The maximum absolute atomic E-state index is 14.3. The van der Waals surface area contributed by atoms with Crippen molar-refractivity contribution in [1.29, 1.82) is 0 Å². The highest BCUT2D eigenvalue weighted by atomic mass is 32.2. The second-order valence-electron chi connectivity index (χ2n) is 9.26. The summed E-state index contributed by atoms with van der Waals surface area (Å²) in [5.74, 6) is 0.0668. The van der Waals surface area contributed by atoms with Gasteiger partial charge in [-0.1, -0.05) is 0 Å². The summed E-state index contributed by atoms with van der Waals surface area (Å²) in [6.45, 7) is 3.47. The third-order valence-corrected chi connectivity index (χ3v) is 7.30. The van der Waals surface area contributed by atoms with Crippen LogP contribution in [0.1, 0.15) is 19.8 Å². The molecule has 0 radical (unpaired) electrons. The predicted molar refractivity (Wildman–Crippen MR) is 137 cm³/mol. The highest BCUT2D eigenvalue weighted by Crippen LogP contribution is 2.30. The first-order valence-electron chi connectivity index (χ1n) is 12.0. The molecule has 2 aliphatic rings. The van der Waals surface area contributed by atoms with E-state index in [-0.39, 0.29) is 40.2 Å². The Bertz CT molecular complexity index is 1430. The number of halogens is 1. The zero-order valence-electron chi connectivity index (χ0n) is 20.4. The van der Waals surface area contributed by atoms with Gasteiger partial charge in [0.2, 0.25) is 5.95 Å². The molecule has 0 spiro atoms. The minimum Gasteiger partial charge on any atom is -0.377 e. The van der Waals surface area contributed by atoms with Gasteiger partial charge >= 0.3 is 6.03 Å². The molecule has 0 bridgehead atoms. The molecule has 1 aliphatic heterocycles. The maximum atomic E-state index is 14.3. The van der Waals surface area contributed by atoms with Crippen LogP contribution in [0.4, 0.5) is 20.8 Å². The zero-order chi connectivity index (χ0) is 26.2. The number of hydrogen-bond donors (Lipinski definition) is 2. The van der Waals surface area contributed by atoms with Crippen LogP contribution in [0.5, 0.6) is 0 Å². The quantitative estimate of drug-likeness (QED) is 0.469. The van der Waals surface area contributed by atoms with Gasteiger partial charge in [-0.2, -0.15) is 9.97 Å². The van der Waals surface area contributed by atoms with Crippen LogP contribution in [0.2, 0.25) is 0 Å². The minimum atomic E-state index is -3.69. The van der Waals surface area contributed by atoms with Crippen molar-refractivity contribution < 1.29 is 22.3 Å². The van der Waals surface area contributed by atoms with Crippen molar-refractivity contribution in [3.63, 3.8) is 0 Å². The summed E-state index contributed by atoms with van der Waals surface area (Å²) in [4.78, 5) is 27.7. The van der Waals surface area contributed by atoms with Crippen molar-refractivity contribution in [2.24, 2.45) is 0 Å². The largest absolute Gasteiger partial charge is 0.377 e. The van der Waals surface area contributed by atoms with E-state index in [1.54, 1.807) is 24.3 Å². The lowest BCUT2D eigenvalue weighted by Crippen LogP contribution is -2.44. The van der Waals surface area contributed by atoms with E-state index in [1.807, 2.05) is 11.8 Å². The highest BCUT2D eigenvalue weighted by molar-refractivity contribution is 7.90. The number of benzene rings is 2. The monoisotopic (exact) mass is 526 g/mol. The van der Waals surface area contributed by atoms with E-state index in [1.165, 1.54) is 6.07 Å². The van der Waals surface area contributed by atoms with Crippen molar-refractivity contribution in [3.05, 3.63) is 48.3 Å². The van der Waals surface area contributed by atoms with E-state index >= 15 is 0 Å². The van der Waals surface area contributed by atoms with Gasteiger partial charge in [0.05, 0.1) is 24.2 Å². The van der Waals surface area contributed by atoms with Gasteiger partial charge in [0.25, 0.3) is 0 Å². The molecule has 1 aromatic heterocycles. The SMILES string of the molecule is C[C@H]1COCCN1c1nc(-c2ccc(NC(=O)NC3CC3)cc2)nc(-c2cc(F)ccc2S(C)(=O)=O)n1. The lowest BCUT2D eigenvalue weighted by atomic mass is 10.1. The van der Waals surface area contributed by atoms with E-state index in [0.29, 0.717) is 37.0 Å². The number of rotatable bonds is 6. The van der Waals surface area contributed by atoms with E-state index in [2.05, 4.69) is 25.6 Å². The molecule has 2 aromatic carbocycles. The van der Waals surface area contributed by atoms with E-state index < -0.39 is 15.7 Å². The fourth-order valence-electron chi connectivity index (χ4n) is 4.05. The summed E-state index contributed by atoms with van der Waals surface area (Å²) in [6.07, 6.45) is 3.04. The van der Waals surface area contributed by atoms with Crippen molar-refractivity contribution >= 4 is 27.5 Å². The van der Waals surface area contributed by atoms with E-state index in [4.69, 9.17) is 4.74 Å². The van der Waals surface area contributed by atoms with Gasteiger partial charge in [0.1, 0.15) is 5.82 Å². The van der Waals surface area contributed by atoms with Gasteiger partial charge in [0.15, 0.2) is 21.5 Å². The molecule has 1 aliphatic carbocycles. The van der Waals surface area contributed by atoms with Crippen LogP contribution >= 0.6 is 0 Å². The van der Waals surface area contributed by atoms with Gasteiger partial charge < -0.3 is 20.3 Å². The molecule has 2 heterocycles. The lowest BCUT2D eigenvalue weighted by molar-refractivity contribution is 0.0981. The molecular formula is C25H27FN6O4S. The van der Waals surface area contributed by atoms with Gasteiger partial charge in [-0.25, -0.2) is 22.6 Å². The summed E-state index contributed by atoms with van der Waals surface area (Å²) in [6, 6.07) is 10.3. The summed E-state index contributed by atoms with van der Waals surface area (Å²) >= 11 is 0. The smallest absolute Gasteiger partial charge is 0.319 e. The normalized spacial score (nSPS) is 17.9. The first kappa shape index (κ1) is 25.0. The third-order valence-electron chi connectivity index (χ3n) is 6.14. The van der Waals surface area contributed by atoms with Crippen molar-refractivity contribution in [2.45, 2.75) is 36.7 Å².